The molecule has 2 aromatic carbocycles. The minimum Gasteiger partial charge on any atom is -0.481 e. The summed E-state index contributed by atoms with van der Waals surface area (Å²) in [7, 11) is 4.36. The largest absolute Gasteiger partial charge is 0.481 e. The third-order valence-corrected chi connectivity index (χ3v) is 7.22. The van der Waals surface area contributed by atoms with Gasteiger partial charge < -0.3 is 10.1 Å². The molecule has 0 amide bonds. The summed E-state index contributed by atoms with van der Waals surface area (Å²) in [4.78, 5) is 18.1. The summed E-state index contributed by atoms with van der Waals surface area (Å²) >= 11 is 0. The molecular formula is C26H32N2O2. The van der Waals surface area contributed by atoms with Gasteiger partial charge in [-0.1, -0.05) is 55.5 Å². The van der Waals surface area contributed by atoms with Crippen molar-refractivity contribution >= 4 is 16.9 Å². The molecule has 158 valence electrons. The molecule has 30 heavy (non-hydrogen) atoms. The molecule has 1 aliphatic carbocycles. The third-order valence-electron chi connectivity index (χ3n) is 7.22. The van der Waals surface area contributed by atoms with Crippen molar-refractivity contribution in [1.82, 2.24) is 9.88 Å². The highest BCUT2D eigenvalue weighted by atomic mass is 16.4. The number of H-pyrrole nitrogens is 1. The van der Waals surface area contributed by atoms with Crippen LogP contribution in [-0.2, 0) is 10.3 Å². The number of aromatic amines is 1. The van der Waals surface area contributed by atoms with E-state index < -0.39 is 11.9 Å². The second kappa shape index (κ2) is 8.27. The number of benzene rings is 2. The summed E-state index contributed by atoms with van der Waals surface area (Å²) < 4.78 is 0. The predicted molar refractivity (Wildman–Crippen MR) is 122 cm³/mol. The van der Waals surface area contributed by atoms with E-state index in [0.29, 0.717) is 12.3 Å². The number of nitrogens with zero attached hydrogens (tertiary/aromatic N) is 1. The highest BCUT2D eigenvalue weighted by Gasteiger charge is 2.40. The number of para-hydroxylation sites is 1. The smallest absolute Gasteiger partial charge is 0.311 e. The number of hydrogen-bond donors (Lipinski definition) is 2. The topological polar surface area (TPSA) is 56.3 Å². The first-order chi connectivity index (χ1) is 14.5. The first kappa shape index (κ1) is 20.7. The number of rotatable bonds is 6. The Bertz CT molecular complexity index is 1010. The zero-order valence-corrected chi connectivity index (χ0v) is 18.2. The SMILES string of the molecule is CCC(C(=O)O)c1c(C2CCC(c3ccccc3)(N(C)C)CC2)[nH]c2ccccc12. The van der Waals surface area contributed by atoms with Crippen molar-refractivity contribution < 1.29 is 9.90 Å². The minimum absolute atomic E-state index is 0.0426. The molecule has 1 heterocycles. The molecule has 2 N–H and O–H groups in total. The monoisotopic (exact) mass is 404 g/mol. The van der Waals surface area contributed by atoms with Crippen LogP contribution in [0, 0.1) is 0 Å². The lowest BCUT2D eigenvalue weighted by Crippen LogP contribution is -2.44. The van der Waals surface area contributed by atoms with E-state index in [0.717, 1.165) is 47.8 Å². The number of carboxylic acid groups (broad SMARTS) is 1. The number of aliphatic carboxylic acids is 1. The molecule has 1 saturated carbocycles. The normalized spacial score (nSPS) is 23.0. The van der Waals surface area contributed by atoms with Crippen LogP contribution in [0.4, 0.5) is 0 Å². The minimum atomic E-state index is -0.730. The van der Waals surface area contributed by atoms with Crippen LogP contribution in [-0.4, -0.2) is 35.1 Å². The van der Waals surface area contributed by atoms with Gasteiger partial charge in [-0.3, -0.25) is 9.69 Å². The lowest BCUT2D eigenvalue weighted by Gasteiger charge is -2.45. The molecule has 1 atom stereocenters. The summed E-state index contributed by atoms with van der Waals surface area (Å²) in [6.07, 6.45) is 4.81. The Morgan fingerprint density at radius 2 is 1.73 bits per heavy atom. The summed E-state index contributed by atoms with van der Waals surface area (Å²) in [5.74, 6) is -0.838. The maximum atomic E-state index is 12.1. The first-order valence-corrected chi connectivity index (χ1v) is 11.0. The third kappa shape index (κ3) is 3.43. The van der Waals surface area contributed by atoms with Gasteiger partial charge in [0, 0.05) is 22.1 Å². The van der Waals surface area contributed by atoms with Crippen molar-refractivity contribution in [3.05, 3.63) is 71.4 Å². The van der Waals surface area contributed by atoms with Crippen LogP contribution in [0.1, 0.15) is 67.7 Å². The fraction of sp³-hybridized carbons (Fsp3) is 0.423. The van der Waals surface area contributed by atoms with Crippen LogP contribution in [0.2, 0.25) is 0 Å². The van der Waals surface area contributed by atoms with Gasteiger partial charge in [0.25, 0.3) is 0 Å². The Morgan fingerprint density at radius 1 is 1.10 bits per heavy atom. The van der Waals surface area contributed by atoms with Crippen molar-refractivity contribution in [3.63, 3.8) is 0 Å². The van der Waals surface area contributed by atoms with Crippen LogP contribution in [0.3, 0.4) is 0 Å². The van der Waals surface area contributed by atoms with Gasteiger partial charge in [-0.05, 0) is 69.3 Å². The van der Waals surface area contributed by atoms with Gasteiger partial charge in [-0.25, -0.2) is 0 Å². The highest BCUT2D eigenvalue weighted by Crippen LogP contribution is 2.48. The number of carbonyl (C=O) groups is 1. The van der Waals surface area contributed by atoms with Crippen LogP contribution in [0.25, 0.3) is 10.9 Å². The Kier molecular flexibility index (Phi) is 5.70. The zero-order valence-electron chi connectivity index (χ0n) is 18.2. The molecule has 1 fully saturated rings. The van der Waals surface area contributed by atoms with Crippen molar-refractivity contribution in [1.29, 1.82) is 0 Å². The van der Waals surface area contributed by atoms with Crippen LogP contribution >= 0.6 is 0 Å². The fourth-order valence-electron chi connectivity index (χ4n) is 5.51. The van der Waals surface area contributed by atoms with Gasteiger partial charge in [0.05, 0.1) is 5.92 Å². The summed E-state index contributed by atoms with van der Waals surface area (Å²) in [6.45, 7) is 1.97. The molecule has 4 nitrogen and oxygen atoms in total. The van der Waals surface area contributed by atoms with Crippen LogP contribution < -0.4 is 0 Å². The van der Waals surface area contributed by atoms with E-state index >= 15 is 0 Å². The highest BCUT2D eigenvalue weighted by molar-refractivity contribution is 5.91. The molecule has 1 unspecified atom stereocenters. The quantitative estimate of drug-likeness (QED) is 0.541. The molecular weight excluding hydrogens is 372 g/mol. The van der Waals surface area contributed by atoms with Crippen molar-refractivity contribution in [3.8, 4) is 0 Å². The molecule has 1 aliphatic rings. The Balaban J connectivity index is 1.71. The summed E-state index contributed by atoms with van der Waals surface area (Å²) in [5, 5.41) is 11.0. The molecule has 0 saturated heterocycles. The summed E-state index contributed by atoms with van der Waals surface area (Å²) in [5.41, 5.74) is 4.62. The molecule has 3 aromatic rings. The van der Waals surface area contributed by atoms with E-state index in [-0.39, 0.29) is 5.54 Å². The van der Waals surface area contributed by atoms with Crippen molar-refractivity contribution in [2.24, 2.45) is 0 Å². The summed E-state index contributed by atoms with van der Waals surface area (Å²) in [6, 6.07) is 19.0. The second-order valence-corrected chi connectivity index (χ2v) is 8.86. The number of carboxylic acids is 1. The second-order valence-electron chi connectivity index (χ2n) is 8.86. The Hall–Kier alpha value is -2.59. The standard InChI is InChI=1S/C26H32N2O2/c1-4-20(25(29)30)23-21-12-8-9-13-22(21)27-24(23)18-14-16-26(17-15-18,28(2)3)19-10-6-5-7-11-19/h5-13,18,20,27H,4,14-17H2,1-3H3,(H,29,30). The van der Waals surface area contributed by atoms with E-state index in [1.165, 1.54) is 5.56 Å². The zero-order chi connectivity index (χ0) is 21.3. The van der Waals surface area contributed by atoms with E-state index in [1.54, 1.807) is 0 Å². The molecule has 0 bridgehead atoms. The van der Waals surface area contributed by atoms with Gasteiger partial charge >= 0.3 is 5.97 Å². The molecule has 0 spiro atoms. The number of hydrogen-bond acceptors (Lipinski definition) is 2. The fourth-order valence-corrected chi connectivity index (χ4v) is 5.51. The van der Waals surface area contributed by atoms with Gasteiger partial charge in [-0.2, -0.15) is 0 Å². The van der Waals surface area contributed by atoms with E-state index in [9.17, 15) is 9.90 Å². The number of fused-ring (bicyclic) bond motifs is 1. The first-order valence-electron chi connectivity index (χ1n) is 11.0. The number of nitrogens with one attached hydrogen (secondary N) is 1. The lowest BCUT2D eigenvalue weighted by atomic mass is 9.70. The average Bonchev–Trinajstić information content (AvgIpc) is 3.14. The average molecular weight is 405 g/mol. The van der Waals surface area contributed by atoms with Crippen LogP contribution in [0.15, 0.2) is 54.6 Å². The Morgan fingerprint density at radius 3 is 2.33 bits per heavy atom. The van der Waals surface area contributed by atoms with Gasteiger partial charge in [0.1, 0.15) is 0 Å². The van der Waals surface area contributed by atoms with E-state index in [2.05, 4.69) is 66.4 Å². The van der Waals surface area contributed by atoms with Gasteiger partial charge in [0.15, 0.2) is 0 Å². The molecule has 1 aromatic heterocycles. The maximum absolute atomic E-state index is 12.1. The van der Waals surface area contributed by atoms with Crippen molar-refractivity contribution in [2.75, 3.05) is 14.1 Å². The van der Waals surface area contributed by atoms with E-state index in [1.807, 2.05) is 19.1 Å². The molecule has 4 heteroatoms. The van der Waals surface area contributed by atoms with E-state index in [4.69, 9.17) is 0 Å². The van der Waals surface area contributed by atoms with Crippen molar-refractivity contribution in [2.45, 2.75) is 56.4 Å². The molecule has 0 radical (unpaired) electrons. The lowest BCUT2D eigenvalue weighted by molar-refractivity contribution is -0.138. The molecule has 4 rings (SSSR count). The van der Waals surface area contributed by atoms with Gasteiger partial charge in [0.2, 0.25) is 0 Å². The molecule has 0 aliphatic heterocycles. The maximum Gasteiger partial charge on any atom is 0.311 e. The Labute approximate surface area is 178 Å². The van der Waals surface area contributed by atoms with Gasteiger partial charge in [-0.15, -0.1) is 0 Å². The predicted octanol–water partition coefficient (Wildman–Crippen LogP) is 5.86. The van der Waals surface area contributed by atoms with Crippen LogP contribution in [0.5, 0.6) is 0 Å². The number of aromatic nitrogens is 1.